The molecule has 0 unspecified atom stereocenters. The zero-order valence-corrected chi connectivity index (χ0v) is 18.3. The molecular weight excluding hydrogens is 350 g/mol. The first-order valence-corrected chi connectivity index (χ1v) is 9.97. The van der Waals surface area contributed by atoms with Crippen molar-refractivity contribution in [3.63, 3.8) is 0 Å². The Bertz CT molecular complexity index is 879. The maximum atomic E-state index is 8.04. The fraction of sp³-hybridized carbons (Fsp3) is 0.545. The minimum Gasteiger partial charge on any atom is -0.491 e. The maximum Gasteiger partial charge on any atom is 0.214 e. The summed E-state index contributed by atoms with van der Waals surface area (Å²) in [6.45, 7) is 10.5. The number of nitrogens with one attached hydrogen (secondary N) is 2. The third kappa shape index (κ3) is 5.50. The van der Waals surface area contributed by atoms with Gasteiger partial charge in [-0.1, -0.05) is 19.8 Å². The Hall–Kier alpha value is -2.50. The van der Waals surface area contributed by atoms with E-state index < -0.39 is 6.08 Å². The summed E-state index contributed by atoms with van der Waals surface area (Å²) in [5.74, 6) is 1.46. The van der Waals surface area contributed by atoms with Gasteiger partial charge in [0.25, 0.3) is 0 Å². The number of aromatic amines is 1. The van der Waals surface area contributed by atoms with Gasteiger partial charge in [-0.05, 0) is 51.8 Å². The number of fused-ring (bicyclic) bond motifs is 1. The lowest BCUT2D eigenvalue weighted by molar-refractivity contribution is 0.241. The van der Waals surface area contributed by atoms with Crippen LogP contribution in [-0.2, 0) is 0 Å². The first-order chi connectivity index (χ1) is 13.7. The van der Waals surface area contributed by atoms with E-state index in [4.69, 9.17) is 11.2 Å². The molecular formula is C22H35N5O. The number of nitrogens with zero attached hydrogens (tertiary/aromatic N) is 3. The van der Waals surface area contributed by atoms with E-state index in [1.54, 1.807) is 25.9 Å². The van der Waals surface area contributed by atoms with E-state index in [-0.39, 0.29) is 0 Å². The van der Waals surface area contributed by atoms with E-state index in [2.05, 4.69) is 22.2 Å². The third-order valence-corrected chi connectivity index (χ3v) is 4.56. The van der Waals surface area contributed by atoms with E-state index in [1.807, 2.05) is 39.2 Å². The van der Waals surface area contributed by atoms with Crippen LogP contribution < -0.4 is 10.1 Å². The summed E-state index contributed by atoms with van der Waals surface area (Å²) in [7, 11) is 3.67. The van der Waals surface area contributed by atoms with Gasteiger partial charge in [0.2, 0.25) is 5.96 Å². The van der Waals surface area contributed by atoms with Crippen LogP contribution in [0.1, 0.15) is 59.5 Å². The highest BCUT2D eigenvalue weighted by atomic mass is 16.5. The van der Waals surface area contributed by atoms with Crippen LogP contribution in [0, 0.1) is 6.92 Å². The standard InChI is InChI=1S/C22H35N5O/c1-8-9-10-11-24-22(23-6)27(7)26-17(5)19-14-25-20-12-16(4)21(13-18(19)20)28-15(2)3/h12-15,25H,8-11H2,1-7H3,(H,23,24)/b26-17+/i15D. The van der Waals surface area contributed by atoms with Crippen molar-refractivity contribution in [2.45, 2.75) is 60.0 Å². The van der Waals surface area contributed by atoms with Gasteiger partial charge in [0.15, 0.2) is 0 Å². The molecule has 0 aliphatic heterocycles. The normalized spacial score (nSPS) is 13.6. The van der Waals surface area contributed by atoms with Crippen molar-refractivity contribution < 1.29 is 6.11 Å². The highest BCUT2D eigenvalue weighted by Crippen LogP contribution is 2.28. The van der Waals surface area contributed by atoms with Gasteiger partial charge in [-0.25, -0.2) is 5.01 Å². The summed E-state index contributed by atoms with van der Waals surface area (Å²) in [6, 6.07) is 4.04. The van der Waals surface area contributed by atoms with Crippen LogP contribution in [0.25, 0.3) is 10.9 Å². The lowest BCUT2D eigenvalue weighted by Crippen LogP contribution is -2.36. The smallest absolute Gasteiger partial charge is 0.214 e. The average molecular weight is 387 g/mol. The Morgan fingerprint density at radius 3 is 2.75 bits per heavy atom. The SMILES string of the molecule is [2H]C(C)(C)Oc1cc2c(/C(C)=N/N(C)C(=NC)NCCCCC)c[nH]c2cc1C. The predicted octanol–water partition coefficient (Wildman–Crippen LogP) is 4.68. The zero-order chi connectivity index (χ0) is 21.6. The number of hydrogen-bond acceptors (Lipinski definition) is 3. The molecule has 0 saturated carbocycles. The van der Waals surface area contributed by atoms with Crippen molar-refractivity contribution in [1.82, 2.24) is 15.3 Å². The molecule has 0 saturated heterocycles. The first kappa shape index (κ1) is 20.2. The Balaban J connectivity index is 2.27. The van der Waals surface area contributed by atoms with Gasteiger partial charge >= 0.3 is 0 Å². The zero-order valence-electron chi connectivity index (χ0n) is 19.3. The lowest BCUT2D eigenvalue weighted by Gasteiger charge is -2.18. The highest BCUT2D eigenvalue weighted by Gasteiger charge is 2.13. The van der Waals surface area contributed by atoms with Gasteiger partial charge in [-0.2, -0.15) is 5.10 Å². The largest absolute Gasteiger partial charge is 0.491 e. The van der Waals surface area contributed by atoms with Crippen LogP contribution in [0.15, 0.2) is 28.4 Å². The number of ether oxygens (including phenoxy) is 1. The number of aryl methyl sites for hydroxylation is 1. The van der Waals surface area contributed by atoms with Crippen molar-refractivity contribution in [2.75, 3.05) is 20.6 Å². The van der Waals surface area contributed by atoms with Gasteiger partial charge in [-0.3, -0.25) is 4.99 Å². The molecule has 1 aromatic carbocycles. The molecule has 0 amide bonds. The number of unbranched alkanes of at least 4 members (excludes halogenated alkanes) is 2. The lowest BCUT2D eigenvalue weighted by atomic mass is 10.1. The van der Waals surface area contributed by atoms with Crippen molar-refractivity contribution in [3.8, 4) is 5.75 Å². The summed E-state index contributed by atoms with van der Waals surface area (Å²) in [5.41, 5.74) is 3.89. The van der Waals surface area contributed by atoms with Gasteiger partial charge < -0.3 is 15.0 Å². The van der Waals surface area contributed by atoms with E-state index >= 15 is 0 Å². The number of H-pyrrole nitrogens is 1. The molecule has 6 nitrogen and oxygen atoms in total. The molecule has 0 radical (unpaired) electrons. The quantitative estimate of drug-likeness (QED) is 0.299. The number of rotatable bonds is 8. The van der Waals surface area contributed by atoms with Crippen molar-refractivity contribution in [3.05, 3.63) is 29.5 Å². The molecule has 28 heavy (non-hydrogen) atoms. The summed E-state index contributed by atoms with van der Waals surface area (Å²) in [4.78, 5) is 7.64. The highest BCUT2D eigenvalue weighted by molar-refractivity contribution is 6.10. The summed E-state index contributed by atoms with van der Waals surface area (Å²) in [6.07, 6.45) is 4.47. The Morgan fingerprint density at radius 1 is 1.36 bits per heavy atom. The van der Waals surface area contributed by atoms with Crippen LogP contribution in [-0.4, -0.2) is 48.4 Å². The Kier molecular flexibility index (Phi) is 7.34. The molecule has 6 heteroatoms. The Morgan fingerprint density at radius 2 is 2.11 bits per heavy atom. The van der Waals surface area contributed by atoms with Gasteiger partial charge in [0.05, 0.1) is 13.2 Å². The van der Waals surface area contributed by atoms with Crippen LogP contribution in [0.3, 0.4) is 0 Å². The van der Waals surface area contributed by atoms with Gasteiger partial charge in [-0.15, -0.1) is 0 Å². The number of hydrogen-bond donors (Lipinski definition) is 2. The molecule has 154 valence electrons. The van der Waals surface area contributed by atoms with E-state index in [0.717, 1.165) is 46.7 Å². The fourth-order valence-corrected chi connectivity index (χ4v) is 3.13. The van der Waals surface area contributed by atoms with Crippen molar-refractivity contribution in [2.24, 2.45) is 10.1 Å². The molecule has 0 atom stereocenters. The second-order valence-corrected chi connectivity index (χ2v) is 7.27. The molecule has 0 aliphatic rings. The fourth-order valence-electron chi connectivity index (χ4n) is 3.13. The minimum atomic E-state index is -0.992. The summed E-state index contributed by atoms with van der Waals surface area (Å²) < 4.78 is 13.9. The predicted molar refractivity (Wildman–Crippen MR) is 120 cm³/mol. The molecule has 1 aromatic heterocycles. The molecule has 1 heterocycles. The first-order valence-electron chi connectivity index (χ1n) is 10.5. The molecule has 0 bridgehead atoms. The molecule has 2 aromatic rings. The molecule has 0 spiro atoms. The number of benzene rings is 1. The number of guanidine groups is 1. The number of aromatic nitrogens is 1. The average Bonchev–Trinajstić information content (AvgIpc) is 3.03. The molecule has 0 aliphatic carbocycles. The summed E-state index contributed by atoms with van der Waals surface area (Å²) in [5, 5.41) is 10.9. The number of aliphatic imine (C=N–C) groups is 1. The summed E-state index contributed by atoms with van der Waals surface area (Å²) >= 11 is 0. The van der Waals surface area contributed by atoms with Gasteiger partial charge in [0.1, 0.15) is 5.75 Å². The second kappa shape index (κ2) is 10.2. The maximum absolute atomic E-state index is 8.04. The topological polar surface area (TPSA) is 65.0 Å². The molecule has 0 fully saturated rings. The third-order valence-electron chi connectivity index (χ3n) is 4.56. The van der Waals surface area contributed by atoms with E-state index in [1.165, 1.54) is 12.8 Å². The minimum absolute atomic E-state index is 0.716. The molecule has 2 N–H and O–H groups in total. The van der Waals surface area contributed by atoms with Crippen molar-refractivity contribution in [1.29, 1.82) is 0 Å². The Labute approximate surface area is 170 Å². The van der Waals surface area contributed by atoms with Gasteiger partial charge in [0, 0.05) is 43.3 Å². The van der Waals surface area contributed by atoms with Crippen LogP contribution in [0.2, 0.25) is 0 Å². The second-order valence-electron chi connectivity index (χ2n) is 7.27. The van der Waals surface area contributed by atoms with Crippen LogP contribution in [0.4, 0.5) is 0 Å². The molecule has 2 rings (SSSR count). The monoisotopic (exact) mass is 386 g/mol. The number of hydrazone groups is 1. The van der Waals surface area contributed by atoms with Crippen LogP contribution >= 0.6 is 0 Å². The van der Waals surface area contributed by atoms with Crippen LogP contribution in [0.5, 0.6) is 5.75 Å². The van der Waals surface area contributed by atoms with Crippen molar-refractivity contribution >= 4 is 22.6 Å². The van der Waals surface area contributed by atoms with E-state index in [9.17, 15) is 0 Å². The van der Waals surface area contributed by atoms with E-state index in [0.29, 0.717) is 5.75 Å².